The highest BCUT2D eigenvalue weighted by Gasteiger charge is 2.44. The Hall–Kier alpha value is -0.410. The third-order valence-corrected chi connectivity index (χ3v) is 4.74. The van der Waals surface area contributed by atoms with Crippen molar-refractivity contribution in [3.8, 4) is 0 Å². The SMILES string of the molecule is OC[C@H]1O[C@@H](n2c(Br)nc3cc(Cl)c(Cl)cc32)C(O)C1O. The van der Waals surface area contributed by atoms with Crippen molar-refractivity contribution in [1.82, 2.24) is 9.55 Å². The van der Waals surface area contributed by atoms with Crippen molar-refractivity contribution in [2.45, 2.75) is 24.5 Å². The fourth-order valence-corrected chi connectivity index (χ4v) is 3.30. The molecule has 3 N–H and O–H groups in total. The molecule has 0 spiro atoms. The van der Waals surface area contributed by atoms with Gasteiger partial charge in [-0.2, -0.15) is 0 Å². The largest absolute Gasteiger partial charge is 0.394 e. The number of aromatic nitrogens is 2. The van der Waals surface area contributed by atoms with Crippen LogP contribution in [0.2, 0.25) is 10.0 Å². The lowest BCUT2D eigenvalue weighted by Crippen LogP contribution is -2.33. The maximum atomic E-state index is 10.1. The molecule has 1 aromatic heterocycles. The fourth-order valence-electron chi connectivity index (χ4n) is 2.40. The number of imidazole rings is 1. The minimum Gasteiger partial charge on any atom is -0.394 e. The summed E-state index contributed by atoms with van der Waals surface area (Å²) in [5, 5.41) is 29.8. The summed E-state index contributed by atoms with van der Waals surface area (Å²) in [5.41, 5.74) is 1.15. The molecule has 3 rings (SSSR count). The standard InChI is InChI=1S/C12H11BrCl2N2O4/c13-12-16-6-1-4(14)5(15)2-7(6)17(12)11-10(20)9(19)8(3-18)21-11/h1-2,8-11,18-20H,3H2/t8-,9?,10?,11-/m1/s1. The third kappa shape index (κ3) is 2.46. The quantitative estimate of drug-likeness (QED) is 0.718. The van der Waals surface area contributed by atoms with E-state index in [0.29, 0.717) is 25.8 Å². The molecule has 6 nitrogen and oxygen atoms in total. The molecule has 2 heterocycles. The molecule has 9 heteroatoms. The third-order valence-electron chi connectivity index (χ3n) is 3.46. The maximum absolute atomic E-state index is 10.1. The normalized spacial score (nSPS) is 29.4. The van der Waals surface area contributed by atoms with Crippen LogP contribution in [0.15, 0.2) is 16.9 Å². The van der Waals surface area contributed by atoms with Gasteiger partial charge in [0.15, 0.2) is 11.0 Å². The average molecular weight is 398 g/mol. The van der Waals surface area contributed by atoms with E-state index in [9.17, 15) is 10.2 Å². The van der Waals surface area contributed by atoms with Crippen LogP contribution in [0.1, 0.15) is 6.23 Å². The lowest BCUT2D eigenvalue weighted by atomic mass is 10.1. The number of fused-ring (bicyclic) bond motifs is 1. The Kier molecular flexibility index (Phi) is 4.17. The fraction of sp³-hybridized carbons (Fsp3) is 0.417. The Labute approximate surface area is 138 Å². The Morgan fingerprint density at radius 3 is 2.52 bits per heavy atom. The Bertz CT molecular complexity index is 695. The molecule has 0 amide bonds. The van der Waals surface area contributed by atoms with Crippen LogP contribution in [0.4, 0.5) is 0 Å². The molecule has 1 aromatic carbocycles. The Morgan fingerprint density at radius 1 is 1.24 bits per heavy atom. The predicted molar refractivity (Wildman–Crippen MR) is 80.5 cm³/mol. The minimum absolute atomic E-state index is 0.338. The van der Waals surface area contributed by atoms with Crippen molar-refractivity contribution >= 4 is 50.2 Å². The molecule has 0 radical (unpaired) electrons. The molecule has 114 valence electrons. The first-order valence-electron chi connectivity index (χ1n) is 6.09. The summed E-state index contributed by atoms with van der Waals surface area (Å²) < 4.78 is 7.46. The van der Waals surface area contributed by atoms with Crippen molar-refractivity contribution in [1.29, 1.82) is 0 Å². The molecule has 21 heavy (non-hydrogen) atoms. The van der Waals surface area contributed by atoms with Crippen LogP contribution in [0, 0.1) is 0 Å². The second-order valence-corrected chi connectivity index (χ2v) is 6.26. The molecule has 1 aliphatic heterocycles. The molecular weight excluding hydrogens is 387 g/mol. The Morgan fingerprint density at radius 2 is 1.90 bits per heavy atom. The molecule has 0 saturated carbocycles. The maximum Gasteiger partial charge on any atom is 0.180 e. The van der Waals surface area contributed by atoms with Crippen LogP contribution in [-0.2, 0) is 4.74 Å². The van der Waals surface area contributed by atoms with E-state index >= 15 is 0 Å². The van der Waals surface area contributed by atoms with Crippen LogP contribution in [0.3, 0.4) is 0 Å². The van der Waals surface area contributed by atoms with Gasteiger partial charge in [-0.05, 0) is 28.1 Å². The first-order valence-corrected chi connectivity index (χ1v) is 7.64. The van der Waals surface area contributed by atoms with E-state index in [1.165, 1.54) is 0 Å². The summed E-state index contributed by atoms with van der Waals surface area (Å²) in [6, 6.07) is 3.20. The summed E-state index contributed by atoms with van der Waals surface area (Å²) in [4.78, 5) is 4.27. The van der Waals surface area contributed by atoms with E-state index in [2.05, 4.69) is 20.9 Å². The zero-order chi connectivity index (χ0) is 15.3. The predicted octanol–water partition coefficient (Wildman–Crippen LogP) is 1.72. The summed E-state index contributed by atoms with van der Waals surface area (Å²) >= 11 is 15.3. The van der Waals surface area contributed by atoms with Gasteiger partial charge >= 0.3 is 0 Å². The molecule has 1 aliphatic rings. The van der Waals surface area contributed by atoms with Crippen LogP contribution in [0.5, 0.6) is 0 Å². The van der Waals surface area contributed by atoms with Gasteiger partial charge in [0.05, 0.1) is 27.7 Å². The smallest absolute Gasteiger partial charge is 0.180 e. The van der Waals surface area contributed by atoms with Crippen molar-refractivity contribution in [2.75, 3.05) is 6.61 Å². The summed E-state index contributed by atoms with van der Waals surface area (Å²) in [6.07, 6.45) is -4.15. The number of rotatable bonds is 2. The molecule has 0 bridgehead atoms. The number of hydrogen-bond acceptors (Lipinski definition) is 5. The number of aliphatic hydroxyl groups is 3. The number of ether oxygens (including phenoxy) is 1. The number of halogens is 3. The van der Waals surface area contributed by atoms with Crippen molar-refractivity contribution < 1.29 is 20.1 Å². The number of hydrogen-bond donors (Lipinski definition) is 3. The van der Waals surface area contributed by atoms with Gasteiger partial charge in [-0.25, -0.2) is 4.98 Å². The molecular formula is C12H11BrCl2N2O4. The highest BCUT2D eigenvalue weighted by atomic mass is 79.9. The van der Waals surface area contributed by atoms with Gasteiger partial charge in [-0.1, -0.05) is 23.2 Å². The van der Waals surface area contributed by atoms with Gasteiger partial charge in [0.2, 0.25) is 0 Å². The second-order valence-electron chi connectivity index (χ2n) is 4.73. The van der Waals surface area contributed by atoms with Crippen LogP contribution >= 0.6 is 39.1 Å². The van der Waals surface area contributed by atoms with Gasteiger partial charge < -0.3 is 20.1 Å². The number of nitrogens with zero attached hydrogens (tertiary/aromatic N) is 2. The van der Waals surface area contributed by atoms with Crippen molar-refractivity contribution in [3.63, 3.8) is 0 Å². The van der Waals surface area contributed by atoms with Gasteiger partial charge in [-0.3, -0.25) is 4.57 Å². The van der Waals surface area contributed by atoms with E-state index in [0.717, 1.165) is 0 Å². The number of benzene rings is 1. The topological polar surface area (TPSA) is 87.7 Å². The molecule has 1 fully saturated rings. The van der Waals surface area contributed by atoms with Crippen LogP contribution < -0.4 is 0 Å². The summed E-state index contributed by atoms with van der Waals surface area (Å²) in [7, 11) is 0. The zero-order valence-corrected chi connectivity index (χ0v) is 13.5. The average Bonchev–Trinajstić information content (AvgIpc) is 2.89. The second kappa shape index (κ2) is 5.66. The van der Waals surface area contributed by atoms with Crippen molar-refractivity contribution in [2.24, 2.45) is 0 Å². The van der Waals surface area contributed by atoms with Gasteiger partial charge in [-0.15, -0.1) is 0 Å². The number of aliphatic hydroxyl groups excluding tert-OH is 3. The van der Waals surface area contributed by atoms with Gasteiger partial charge in [0, 0.05) is 0 Å². The van der Waals surface area contributed by atoms with E-state index in [4.69, 9.17) is 33.0 Å². The summed E-state index contributed by atoms with van der Waals surface area (Å²) in [5.74, 6) is 0. The van der Waals surface area contributed by atoms with E-state index in [1.54, 1.807) is 16.7 Å². The zero-order valence-electron chi connectivity index (χ0n) is 10.4. The first-order chi connectivity index (χ1) is 9.93. The van der Waals surface area contributed by atoms with E-state index < -0.39 is 31.1 Å². The van der Waals surface area contributed by atoms with E-state index in [1.807, 2.05) is 0 Å². The lowest BCUT2D eigenvalue weighted by molar-refractivity contribution is -0.0518. The van der Waals surface area contributed by atoms with Gasteiger partial charge in [0.25, 0.3) is 0 Å². The highest BCUT2D eigenvalue weighted by molar-refractivity contribution is 9.10. The monoisotopic (exact) mass is 396 g/mol. The lowest BCUT2D eigenvalue weighted by Gasteiger charge is -2.18. The van der Waals surface area contributed by atoms with E-state index in [-0.39, 0.29) is 0 Å². The minimum atomic E-state index is -1.20. The molecule has 4 atom stereocenters. The van der Waals surface area contributed by atoms with Crippen molar-refractivity contribution in [3.05, 3.63) is 26.9 Å². The van der Waals surface area contributed by atoms with Gasteiger partial charge in [0.1, 0.15) is 18.3 Å². The van der Waals surface area contributed by atoms with Crippen LogP contribution in [0.25, 0.3) is 11.0 Å². The van der Waals surface area contributed by atoms with Crippen LogP contribution in [-0.4, -0.2) is 49.8 Å². The molecule has 2 unspecified atom stereocenters. The highest BCUT2D eigenvalue weighted by Crippen LogP contribution is 2.37. The molecule has 2 aromatic rings. The molecule has 1 saturated heterocycles. The first kappa shape index (κ1) is 15.5. The summed E-state index contributed by atoms with van der Waals surface area (Å²) in [6.45, 7) is -0.397. The molecule has 0 aliphatic carbocycles. The Balaban J connectivity index is 2.12.